The SMILES string of the molecule is C=CC[SiH]=CC. The molecule has 0 heterocycles. The average Bonchev–Trinajstić information content (AvgIpc) is 1.61. The summed E-state index contributed by atoms with van der Waals surface area (Å²) in [6.07, 6.45) is 1.97. The molecule has 0 nitrogen and oxygen atoms in total. The molecule has 0 bridgehead atoms. The van der Waals surface area contributed by atoms with Gasteiger partial charge in [-0.05, 0) is 15.2 Å². The van der Waals surface area contributed by atoms with Crippen LogP contribution in [0.2, 0.25) is 6.04 Å². The van der Waals surface area contributed by atoms with Crippen LogP contribution >= 0.6 is 0 Å². The van der Waals surface area contributed by atoms with Gasteiger partial charge in [0.25, 0.3) is 0 Å². The second-order valence-electron chi connectivity index (χ2n) is 1.09. The van der Waals surface area contributed by atoms with Gasteiger partial charge in [0.2, 0.25) is 0 Å². The van der Waals surface area contributed by atoms with E-state index in [2.05, 4.69) is 19.2 Å². The van der Waals surface area contributed by atoms with Crippen LogP contribution in [0.1, 0.15) is 6.92 Å². The first-order valence-electron chi connectivity index (χ1n) is 2.14. The van der Waals surface area contributed by atoms with Crippen molar-refractivity contribution in [2.24, 2.45) is 0 Å². The summed E-state index contributed by atoms with van der Waals surface area (Å²) in [5.41, 5.74) is 2.22. The van der Waals surface area contributed by atoms with Crippen molar-refractivity contribution in [1.29, 1.82) is 0 Å². The van der Waals surface area contributed by atoms with E-state index in [1.807, 2.05) is 6.08 Å². The second-order valence-corrected chi connectivity index (χ2v) is 2.70. The van der Waals surface area contributed by atoms with Crippen molar-refractivity contribution in [3.63, 3.8) is 0 Å². The number of hydrogen-bond acceptors (Lipinski definition) is 0. The quantitative estimate of drug-likeness (QED) is 0.355. The first-order chi connectivity index (χ1) is 2.91. The van der Waals surface area contributed by atoms with E-state index in [1.165, 1.54) is 6.04 Å². The third-order valence-electron chi connectivity index (χ3n) is 0.538. The van der Waals surface area contributed by atoms with Gasteiger partial charge in [0.05, 0.1) is 0 Å². The molecule has 0 aromatic heterocycles. The van der Waals surface area contributed by atoms with Crippen LogP contribution < -0.4 is 0 Å². The number of allylic oxidation sites excluding steroid dienone is 1. The Hall–Kier alpha value is -0.173. The normalized spacial score (nSPS) is 9.50. The Labute approximate surface area is 41.3 Å². The molecule has 0 saturated heterocycles. The lowest BCUT2D eigenvalue weighted by molar-refractivity contribution is 1.75. The highest BCUT2D eigenvalue weighted by atomic mass is 28.2. The van der Waals surface area contributed by atoms with E-state index in [0.717, 1.165) is 0 Å². The first kappa shape index (κ1) is 5.83. The Bertz CT molecular complexity index is 55.0. The van der Waals surface area contributed by atoms with E-state index >= 15 is 0 Å². The molecule has 0 saturated carbocycles. The molecular formula is C5H10Si. The van der Waals surface area contributed by atoms with Crippen LogP contribution in [0.15, 0.2) is 12.7 Å². The van der Waals surface area contributed by atoms with Crippen molar-refractivity contribution in [2.75, 3.05) is 0 Å². The van der Waals surface area contributed by atoms with Crippen molar-refractivity contribution in [2.45, 2.75) is 13.0 Å². The van der Waals surface area contributed by atoms with Gasteiger partial charge < -0.3 is 0 Å². The summed E-state index contributed by atoms with van der Waals surface area (Å²) in [6, 6.07) is 1.20. The zero-order chi connectivity index (χ0) is 4.83. The van der Waals surface area contributed by atoms with Crippen molar-refractivity contribution in [3.05, 3.63) is 12.7 Å². The summed E-state index contributed by atoms with van der Waals surface area (Å²) < 4.78 is 0. The van der Waals surface area contributed by atoms with Crippen molar-refractivity contribution < 1.29 is 0 Å². The van der Waals surface area contributed by atoms with Crippen LogP contribution in [-0.4, -0.2) is 14.8 Å². The Morgan fingerprint density at radius 3 is 2.67 bits per heavy atom. The molecule has 0 amide bonds. The molecule has 0 fully saturated rings. The zero-order valence-electron chi connectivity index (χ0n) is 4.15. The maximum Gasteiger partial charge on any atom is -0.00823 e. The minimum absolute atomic E-state index is 0.575. The Balaban J connectivity index is 2.85. The molecule has 0 N–H and O–H groups in total. The maximum absolute atomic E-state index is 3.60. The van der Waals surface area contributed by atoms with Gasteiger partial charge in [-0.15, -0.1) is 12.3 Å². The predicted molar refractivity (Wildman–Crippen MR) is 33.9 cm³/mol. The monoisotopic (exact) mass is 98.1 g/mol. The van der Waals surface area contributed by atoms with Gasteiger partial charge in [0, 0.05) is 0 Å². The minimum Gasteiger partial charge on any atom is -0.109 e. The highest BCUT2D eigenvalue weighted by Crippen LogP contribution is 1.67. The van der Waals surface area contributed by atoms with Gasteiger partial charge in [-0.2, -0.15) is 0 Å². The van der Waals surface area contributed by atoms with Gasteiger partial charge in [0.15, 0.2) is 0 Å². The van der Waals surface area contributed by atoms with Crippen LogP contribution in [0.5, 0.6) is 0 Å². The fourth-order valence-corrected chi connectivity index (χ4v) is 0.697. The van der Waals surface area contributed by atoms with E-state index in [4.69, 9.17) is 0 Å². The van der Waals surface area contributed by atoms with E-state index < -0.39 is 0 Å². The van der Waals surface area contributed by atoms with Crippen LogP contribution in [0.3, 0.4) is 0 Å². The largest absolute Gasteiger partial charge is 0.109 e. The molecule has 34 valence electrons. The fourth-order valence-electron chi connectivity index (χ4n) is 0.232. The van der Waals surface area contributed by atoms with Crippen molar-refractivity contribution >= 4 is 14.8 Å². The lowest BCUT2D eigenvalue weighted by Crippen LogP contribution is -1.71. The van der Waals surface area contributed by atoms with E-state index in [9.17, 15) is 0 Å². The van der Waals surface area contributed by atoms with Gasteiger partial charge >= 0.3 is 0 Å². The predicted octanol–water partition coefficient (Wildman–Crippen LogP) is 0.849. The molecule has 0 aliphatic heterocycles. The highest BCUT2D eigenvalue weighted by Gasteiger charge is 1.59. The summed E-state index contributed by atoms with van der Waals surface area (Å²) in [5, 5.41) is 0. The molecule has 0 aromatic rings. The fraction of sp³-hybridized carbons (Fsp3) is 0.400. The molecule has 0 unspecified atom stereocenters. The molecule has 0 rings (SSSR count). The molecule has 0 aliphatic carbocycles. The van der Waals surface area contributed by atoms with Crippen LogP contribution in [0.4, 0.5) is 0 Å². The summed E-state index contributed by atoms with van der Waals surface area (Å²) in [6.45, 7) is 5.70. The molecular weight excluding hydrogens is 88.1 g/mol. The summed E-state index contributed by atoms with van der Waals surface area (Å²) in [4.78, 5) is 0. The molecule has 0 aromatic carbocycles. The van der Waals surface area contributed by atoms with Gasteiger partial charge in [-0.1, -0.05) is 13.0 Å². The molecule has 6 heavy (non-hydrogen) atoms. The molecule has 0 atom stereocenters. The lowest BCUT2D eigenvalue weighted by Gasteiger charge is -1.68. The topological polar surface area (TPSA) is 0 Å². The molecule has 1 heteroatoms. The maximum atomic E-state index is 3.60. The summed E-state index contributed by atoms with van der Waals surface area (Å²) in [7, 11) is 0.575. The van der Waals surface area contributed by atoms with Gasteiger partial charge in [0.1, 0.15) is 0 Å². The van der Waals surface area contributed by atoms with E-state index in [0.29, 0.717) is 9.13 Å². The van der Waals surface area contributed by atoms with Crippen LogP contribution in [0.25, 0.3) is 0 Å². The average molecular weight is 98.2 g/mol. The highest BCUT2D eigenvalue weighted by molar-refractivity contribution is 6.46. The Kier molecular flexibility index (Phi) is 4.69. The van der Waals surface area contributed by atoms with Crippen molar-refractivity contribution in [1.82, 2.24) is 0 Å². The Morgan fingerprint density at radius 1 is 1.83 bits per heavy atom. The standard InChI is InChI=1S/C5H10Si/c1-3-5-6-4-2/h3-4,6H,1,5H2,2H3. The first-order valence-corrected chi connectivity index (χ1v) is 3.62. The molecule has 0 radical (unpaired) electrons. The Morgan fingerprint density at radius 2 is 2.50 bits per heavy atom. The van der Waals surface area contributed by atoms with E-state index in [-0.39, 0.29) is 0 Å². The third kappa shape index (κ3) is 3.83. The van der Waals surface area contributed by atoms with Crippen LogP contribution in [0, 0.1) is 0 Å². The molecule has 0 spiro atoms. The van der Waals surface area contributed by atoms with E-state index in [1.54, 1.807) is 0 Å². The smallest absolute Gasteiger partial charge is 0.00823 e. The van der Waals surface area contributed by atoms with Crippen molar-refractivity contribution in [3.8, 4) is 0 Å². The van der Waals surface area contributed by atoms with Gasteiger partial charge in [-0.25, -0.2) is 0 Å². The summed E-state index contributed by atoms with van der Waals surface area (Å²) >= 11 is 0. The number of hydrogen-bond donors (Lipinski definition) is 0. The lowest BCUT2D eigenvalue weighted by atomic mass is 10.8. The summed E-state index contributed by atoms with van der Waals surface area (Å²) in [5.74, 6) is 0. The van der Waals surface area contributed by atoms with Crippen LogP contribution in [-0.2, 0) is 0 Å². The second kappa shape index (κ2) is 4.83. The van der Waals surface area contributed by atoms with Gasteiger partial charge in [-0.3, -0.25) is 0 Å². The number of rotatable bonds is 2. The molecule has 0 aliphatic rings. The third-order valence-corrected chi connectivity index (χ3v) is 1.62. The minimum atomic E-state index is 0.575. The zero-order valence-corrected chi connectivity index (χ0v) is 5.30.